The van der Waals surface area contributed by atoms with Gasteiger partial charge in [-0.1, -0.05) is 12.1 Å². The topological polar surface area (TPSA) is 78.7 Å². The first-order chi connectivity index (χ1) is 10.6. The first-order valence-electron chi connectivity index (χ1n) is 7.63. The van der Waals surface area contributed by atoms with E-state index in [1.807, 2.05) is 17.0 Å². The van der Waals surface area contributed by atoms with Gasteiger partial charge in [0.25, 0.3) is 5.91 Å². The van der Waals surface area contributed by atoms with Crippen LogP contribution < -0.4 is 11.1 Å². The Balaban J connectivity index is 1.73. The second kappa shape index (κ2) is 7.91. The number of nitrogens with zero attached hydrogens (tertiary/aromatic N) is 2. The Morgan fingerprint density at radius 3 is 2.36 bits per heavy atom. The summed E-state index contributed by atoms with van der Waals surface area (Å²) >= 11 is 0. The zero-order chi connectivity index (χ0) is 15.9. The fourth-order valence-corrected chi connectivity index (χ4v) is 2.39. The van der Waals surface area contributed by atoms with E-state index in [0.717, 1.165) is 31.7 Å². The number of benzene rings is 1. The van der Waals surface area contributed by atoms with Gasteiger partial charge >= 0.3 is 0 Å². The fraction of sp³-hybridized carbons (Fsp3) is 0.500. The Morgan fingerprint density at radius 2 is 1.77 bits per heavy atom. The van der Waals surface area contributed by atoms with Gasteiger partial charge in [-0.25, -0.2) is 0 Å². The van der Waals surface area contributed by atoms with Gasteiger partial charge in [-0.15, -0.1) is 0 Å². The molecular weight excluding hydrogens is 280 g/mol. The van der Waals surface area contributed by atoms with Gasteiger partial charge in [0.2, 0.25) is 5.91 Å². The molecule has 2 amide bonds. The van der Waals surface area contributed by atoms with E-state index in [-0.39, 0.29) is 11.8 Å². The molecule has 1 aliphatic rings. The second-order valence-corrected chi connectivity index (χ2v) is 5.59. The van der Waals surface area contributed by atoms with Crippen LogP contribution in [0.15, 0.2) is 24.3 Å². The molecule has 120 valence electrons. The summed E-state index contributed by atoms with van der Waals surface area (Å²) in [5.41, 5.74) is 7.10. The third-order valence-electron chi connectivity index (χ3n) is 3.93. The Kier molecular flexibility index (Phi) is 5.91. The molecule has 6 nitrogen and oxygen atoms in total. The molecule has 1 aliphatic heterocycles. The van der Waals surface area contributed by atoms with Gasteiger partial charge in [0.1, 0.15) is 0 Å². The van der Waals surface area contributed by atoms with E-state index in [1.165, 1.54) is 0 Å². The summed E-state index contributed by atoms with van der Waals surface area (Å²) in [5, 5.41) is 2.79. The van der Waals surface area contributed by atoms with Gasteiger partial charge in [0.15, 0.2) is 0 Å². The van der Waals surface area contributed by atoms with E-state index in [2.05, 4.69) is 17.3 Å². The first kappa shape index (κ1) is 16.5. The van der Waals surface area contributed by atoms with E-state index < -0.39 is 0 Å². The lowest BCUT2D eigenvalue weighted by Crippen LogP contribution is -2.47. The fourth-order valence-electron chi connectivity index (χ4n) is 2.39. The Labute approximate surface area is 131 Å². The smallest absolute Gasteiger partial charge is 0.251 e. The highest BCUT2D eigenvalue weighted by Gasteiger charge is 2.18. The number of hydrogen-bond acceptors (Lipinski definition) is 4. The van der Waals surface area contributed by atoms with Crippen molar-refractivity contribution in [3.8, 4) is 0 Å². The van der Waals surface area contributed by atoms with E-state index in [9.17, 15) is 9.59 Å². The SMILES string of the molecule is CN1CCN(C(=O)CCNC(=O)c2ccc(CN)cc2)CC1. The van der Waals surface area contributed by atoms with Crippen LogP contribution in [0.4, 0.5) is 0 Å². The number of nitrogens with one attached hydrogen (secondary N) is 1. The van der Waals surface area contributed by atoms with Crippen LogP contribution in [0.1, 0.15) is 22.3 Å². The zero-order valence-corrected chi connectivity index (χ0v) is 13.0. The molecule has 22 heavy (non-hydrogen) atoms. The van der Waals surface area contributed by atoms with Gasteiger partial charge in [-0.05, 0) is 24.7 Å². The monoisotopic (exact) mass is 304 g/mol. The highest BCUT2D eigenvalue weighted by Crippen LogP contribution is 2.04. The molecule has 2 rings (SSSR count). The number of piperazine rings is 1. The van der Waals surface area contributed by atoms with Gasteiger partial charge < -0.3 is 20.9 Å². The molecule has 0 spiro atoms. The summed E-state index contributed by atoms with van der Waals surface area (Å²) in [6.07, 6.45) is 0.344. The minimum Gasteiger partial charge on any atom is -0.352 e. The Hall–Kier alpha value is -1.92. The molecule has 1 saturated heterocycles. The Morgan fingerprint density at radius 1 is 1.14 bits per heavy atom. The largest absolute Gasteiger partial charge is 0.352 e. The third kappa shape index (κ3) is 4.54. The standard InChI is InChI=1S/C16H24N4O2/c1-19-8-10-20(11-9-19)15(21)6-7-18-16(22)14-4-2-13(12-17)3-5-14/h2-5H,6-12,17H2,1H3,(H,18,22). The summed E-state index contributed by atoms with van der Waals surface area (Å²) in [7, 11) is 2.05. The lowest BCUT2D eigenvalue weighted by Gasteiger charge is -2.32. The van der Waals surface area contributed by atoms with Crippen LogP contribution in [0.5, 0.6) is 0 Å². The molecule has 1 fully saturated rings. The van der Waals surface area contributed by atoms with Gasteiger partial charge in [-0.2, -0.15) is 0 Å². The number of carbonyl (C=O) groups is 2. The average molecular weight is 304 g/mol. The quantitative estimate of drug-likeness (QED) is 0.805. The van der Waals surface area contributed by atoms with E-state index in [1.54, 1.807) is 12.1 Å². The highest BCUT2D eigenvalue weighted by atomic mass is 16.2. The molecule has 1 heterocycles. The molecule has 6 heteroatoms. The minimum absolute atomic E-state index is 0.104. The first-order valence-corrected chi connectivity index (χ1v) is 7.63. The van der Waals surface area contributed by atoms with Crippen molar-refractivity contribution >= 4 is 11.8 Å². The molecule has 0 aromatic heterocycles. The van der Waals surface area contributed by atoms with E-state index in [4.69, 9.17) is 5.73 Å². The summed E-state index contributed by atoms with van der Waals surface area (Å²) in [5.74, 6) is -0.0540. The molecule has 0 unspecified atom stereocenters. The molecule has 0 bridgehead atoms. The van der Waals surface area contributed by atoms with Gasteiger partial charge in [0.05, 0.1) is 0 Å². The predicted octanol–water partition coefficient (Wildman–Crippen LogP) is 0.0392. The number of amides is 2. The normalized spacial score (nSPS) is 15.6. The maximum absolute atomic E-state index is 12.0. The van der Waals surface area contributed by atoms with Crippen molar-refractivity contribution in [3.63, 3.8) is 0 Å². The maximum atomic E-state index is 12.0. The second-order valence-electron chi connectivity index (χ2n) is 5.59. The third-order valence-corrected chi connectivity index (χ3v) is 3.93. The predicted molar refractivity (Wildman–Crippen MR) is 85.4 cm³/mol. The van der Waals surface area contributed by atoms with Crippen molar-refractivity contribution in [2.45, 2.75) is 13.0 Å². The molecule has 0 atom stereocenters. The molecule has 0 radical (unpaired) electrons. The van der Waals surface area contributed by atoms with Crippen molar-refractivity contribution < 1.29 is 9.59 Å². The van der Waals surface area contributed by atoms with Crippen LogP contribution in [0.2, 0.25) is 0 Å². The van der Waals surface area contributed by atoms with Crippen molar-refractivity contribution in [1.29, 1.82) is 0 Å². The van der Waals surface area contributed by atoms with Crippen LogP contribution in [0.3, 0.4) is 0 Å². The molecule has 3 N–H and O–H groups in total. The van der Waals surface area contributed by atoms with Crippen LogP contribution >= 0.6 is 0 Å². The van der Waals surface area contributed by atoms with Gasteiger partial charge in [0, 0.05) is 51.3 Å². The molecule has 0 saturated carbocycles. The van der Waals surface area contributed by atoms with E-state index in [0.29, 0.717) is 25.1 Å². The number of rotatable bonds is 5. The van der Waals surface area contributed by atoms with Crippen molar-refractivity contribution in [1.82, 2.24) is 15.1 Å². The van der Waals surface area contributed by atoms with Crippen molar-refractivity contribution in [3.05, 3.63) is 35.4 Å². The van der Waals surface area contributed by atoms with E-state index >= 15 is 0 Å². The van der Waals surface area contributed by atoms with Crippen molar-refractivity contribution in [2.24, 2.45) is 5.73 Å². The number of likely N-dealkylation sites (N-methyl/N-ethyl adjacent to an activating group) is 1. The van der Waals surface area contributed by atoms with Crippen LogP contribution in [0.25, 0.3) is 0 Å². The molecule has 0 aliphatic carbocycles. The molecular formula is C16H24N4O2. The van der Waals surface area contributed by atoms with Crippen LogP contribution in [-0.2, 0) is 11.3 Å². The molecule has 1 aromatic rings. The maximum Gasteiger partial charge on any atom is 0.251 e. The number of nitrogens with two attached hydrogens (primary N) is 1. The van der Waals surface area contributed by atoms with Gasteiger partial charge in [-0.3, -0.25) is 9.59 Å². The lowest BCUT2D eigenvalue weighted by atomic mass is 10.1. The molecule has 1 aromatic carbocycles. The summed E-state index contributed by atoms with van der Waals surface area (Å²) in [4.78, 5) is 28.1. The lowest BCUT2D eigenvalue weighted by molar-refractivity contribution is -0.132. The highest BCUT2D eigenvalue weighted by molar-refractivity contribution is 5.94. The Bertz CT molecular complexity index is 507. The zero-order valence-electron chi connectivity index (χ0n) is 13.0. The number of hydrogen-bond donors (Lipinski definition) is 2. The average Bonchev–Trinajstić information content (AvgIpc) is 2.55. The van der Waals surface area contributed by atoms with Crippen LogP contribution in [-0.4, -0.2) is 61.4 Å². The summed E-state index contributed by atoms with van der Waals surface area (Å²) in [6.45, 7) is 4.18. The summed E-state index contributed by atoms with van der Waals surface area (Å²) in [6, 6.07) is 7.17. The summed E-state index contributed by atoms with van der Waals surface area (Å²) < 4.78 is 0. The van der Waals surface area contributed by atoms with Crippen LogP contribution in [0, 0.1) is 0 Å². The number of carbonyl (C=O) groups excluding carboxylic acids is 2. The minimum atomic E-state index is -0.158. The van der Waals surface area contributed by atoms with Crippen molar-refractivity contribution in [2.75, 3.05) is 39.8 Å².